The molecule has 1 aromatic rings. The summed E-state index contributed by atoms with van der Waals surface area (Å²) in [6.07, 6.45) is 0. The molecular weight excluding hydrogens is 188 g/mol. The van der Waals surface area contributed by atoms with E-state index >= 15 is 0 Å². The monoisotopic (exact) mass is 198 g/mol. The highest BCUT2D eigenvalue weighted by molar-refractivity contribution is 6.32. The van der Waals surface area contributed by atoms with Crippen molar-refractivity contribution in [3.63, 3.8) is 0 Å². The van der Waals surface area contributed by atoms with Gasteiger partial charge in [0.05, 0.1) is 16.8 Å². The highest BCUT2D eigenvalue weighted by Gasteiger charge is 2.18. The molecule has 0 radical (unpaired) electrons. The average Bonchev–Trinajstić information content (AvgIpc) is 2.18. The molecule has 0 spiro atoms. The van der Waals surface area contributed by atoms with E-state index in [1.54, 1.807) is 0 Å². The Morgan fingerprint density at radius 2 is 2.46 bits per heavy atom. The Balaban J connectivity index is 2.31. The summed E-state index contributed by atoms with van der Waals surface area (Å²) in [4.78, 5) is 0. The van der Waals surface area contributed by atoms with Gasteiger partial charge in [-0.25, -0.2) is 0 Å². The standard InChI is InChI=1S/C9H11ClN2O/c10-7-2-1-3-8-9(7)13-5-6(4-11)12-8/h1-3,6,12H,4-5,11H2. The van der Waals surface area contributed by atoms with Crippen LogP contribution in [0.25, 0.3) is 0 Å². The fraction of sp³-hybridized carbons (Fsp3) is 0.333. The largest absolute Gasteiger partial charge is 0.488 e. The number of ether oxygens (including phenoxy) is 1. The maximum Gasteiger partial charge on any atom is 0.161 e. The summed E-state index contributed by atoms with van der Waals surface area (Å²) < 4.78 is 5.48. The summed E-state index contributed by atoms with van der Waals surface area (Å²) in [5.41, 5.74) is 6.45. The first kappa shape index (κ1) is 8.66. The van der Waals surface area contributed by atoms with Crippen molar-refractivity contribution in [2.24, 2.45) is 5.73 Å². The summed E-state index contributed by atoms with van der Waals surface area (Å²) in [5.74, 6) is 0.730. The molecule has 4 heteroatoms. The first-order valence-corrected chi connectivity index (χ1v) is 4.57. The molecule has 2 rings (SSSR count). The minimum atomic E-state index is 0.186. The molecule has 1 heterocycles. The van der Waals surface area contributed by atoms with E-state index in [-0.39, 0.29) is 6.04 Å². The molecule has 13 heavy (non-hydrogen) atoms. The van der Waals surface area contributed by atoms with Crippen LogP contribution in [-0.4, -0.2) is 19.2 Å². The molecule has 1 atom stereocenters. The normalized spacial score (nSPS) is 20.0. The van der Waals surface area contributed by atoms with Crippen LogP contribution in [0.2, 0.25) is 5.02 Å². The zero-order valence-electron chi connectivity index (χ0n) is 7.09. The highest BCUT2D eigenvalue weighted by Crippen LogP contribution is 2.35. The Bertz CT molecular complexity index is 316. The van der Waals surface area contributed by atoms with E-state index in [9.17, 15) is 0 Å². The van der Waals surface area contributed by atoms with Crippen LogP contribution in [0.15, 0.2) is 18.2 Å². The van der Waals surface area contributed by atoms with Crippen molar-refractivity contribution in [3.05, 3.63) is 23.2 Å². The predicted molar refractivity (Wildman–Crippen MR) is 53.4 cm³/mol. The molecule has 0 aromatic heterocycles. The van der Waals surface area contributed by atoms with Crippen LogP contribution in [0.4, 0.5) is 5.69 Å². The maximum absolute atomic E-state index is 5.94. The number of fused-ring (bicyclic) bond motifs is 1. The van der Waals surface area contributed by atoms with Crippen LogP contribution in [0, 0.1) is 0 Å². The molecule has 0 bridgehead atoms. The van der Waals surface area contributed by atoms with Gasteiger partial charge < -0.3 is 15.8 Å². The minimum absolute atomic E-state index is 0.186. The maximum atomic E-state index is 5.94. The number of benzene rings is 1. The fourth-order valence-corrected chi connectivity index (χ4v) is 1.57. The lowest BCUT2D eigenvalue weighted by atomic mass is 10.2. The lowest BCUT2D eigenvalue weighted by molar-refractivity contribution is 0.287. The zero-order chi connectivity index (χ0) is 9.26. The second-order valence-corrected chi connectivity index (χ2v) is 3.41. The van der Waals surface area contributed by atoms with Gasteiger partial charge in [0, 0.05) is 6.54 Å². The van der Waals surface area contributed by atoms with Crippen molar-refractivity contribution in [1.29, 1.82) is 0 Å². The lowest BCUT2D eigenvalue weighted by Crippen LogP contribution is -2.37. The number of halogens is 1. The van der Waals surface area contributed by atoms with E-state index in [4.69, 9.17) is 22.1 Å². The molecule has 1 unspecified atom stereocenters. The van der Waals surface area contributed by atoms with Crippen molar-refractivity contribution < 1.29 is 4.74 Å². The van der Waals surface area contributed by atoms with Gasteiger partial charge in [-0.05, 0) is 12.1 Å². The van der Waals surface area contributed by atoms with E-state index in [0.29, 0.717) is 18.2 Å². The van der Waals surface area contributed by atoms with Gasteiger partial charge in [0.2, 0.25) is 0 Å². The predicted octanol–water partition coefficient (Wildman–Crippen LogP) is 1.47. The van der Waals surface area contributed by atoms with Crippen LogP contribution in [0.1, 0.15) is 0 Å². The molecule has 0 fully saturated rings. The number of nitrogens with two attached hydrogens (primary N) is 1. The zero-order valence-corrected chi connectivity index (χ0v) is 7.84. The van der Waals surface area contributed by atoms with Crippen LogP contribution in [0.3, 0.4) is 0 Å². The first-order chi connectivity index (χ1) is 6.31. The third-order valence-electron chi connectivity index (χ3n) is 2.04. The Morgan fingerprint density at radius 1 is 1.62 bits per heavy atom. The second-order valence-electron chi connectivity index (χ2n) is 3.00. The van der Waals surface area contributed by atoms with Crippen molar-refractivity contribution in [2.75, 3.05) is 18.5 Å². The molecule has 1 aliphatic heterocycles. The van der Waals surface area contributed by atoms with Crippen molar-refractivity contribution in [2.45, 2.75) is 6.04 Å². The van der Waals surface area contributed by atoms with Gasteiger partial charge >= 0.3 is 0 Å². The summed E-state index contributed by atoms with van der Waals surface area (Å²) >= 11 is 5.94. The van der Waals surface area contributed by atoms with Gasteiger partial charge in [0.15, 0.2) is 5.75 Å². The number of para-hydroxylation sites is 1. The molecular formula is C9H11ClN2O. The molecule has 3 N–H and O–H groups in total. The van der Waals surface area contributed by atoms with Gasteiger partial charge in [-0.3, -0.25) is 0 Å². The van der Waals surface area contributed by atoms with Gasteiger partial charge in [-0.15, -0.1) is 0 Å². The Labute approximate surface area is 81.8 Å². The fourth-order valence-electron chi connectivity index (χ4n) is 1.34. The molecule has 0 saturated heterocycles. The van der Waals surface area contributed by atoms with E-state index in [0.717, 1.165) is 11.4 Å². The number of anilines is 1. The molecule has 0 saturated carbocycles. The summed E-state index contributed by atoms with van der Waals surface area (Å²) in [6.45, 7) is 1.14. The smallest absolute Gasteiger partial charge is 0.161 e. The molecule has 3 nitrogen and oxygen atoms in total. The van der Waals surface area contributed by atoms with Crippen molar-refractivity contribution in [1.82, 2.24) is 0 Å². The van der Waals surface area contributed by atoms with Crippen molar-refractivity contribution >= 4 is 17.3 Å². The van der Waals surface area contributed by atoms with Gasteiger partial charge in [-0.1, -0.05) is 17.7 Å². The Morgan fingerprint density at radius 3 is 3.23 bits per heavy atom. The van der Waals surface area contributed by atoms with Crippen LogP contribution in [0.5, 0.6) is 5.75 Å². The van der Waals surface area contributed by atoms with E-state index in [1.165, 1.54) is 0 Å². The highest BCUT2D eigenvalue weighted by atomic mass is 35.5. The molecule has 1 aliphatic rings. The Hall–Kier alpha value is -0.930. The summed E-state index contributed by atoms with van der Waals surface area (Å²) in [7, 11) is 0. The number of hydrogen-bond donors (Lipinski definition) is 2. The minimum Gasteiger partial charge on any atom is -0.488 e. The first-order valence-electron chi connectivity index (χ1n) is 4.19. The van der Waals surface area contributed by atoms with Crippen molar-refractivity contribution in [3.8, 4) is 5.75 Å². The topological polar surface area (TPSA) is 47.3 Å². The lowest BCUT2D eigenvalue weighted by Gasteiger charge is -2.26. The summed E-state index contributed by atoms with van der Waals surface area (Å²) in [5, 5.41) is 3.89. The SMILES string of the molecule is NCC1COc2c(Cl)cccc2N1. The molecule has 0 amide bonds. The third kappa shape index (κ3) is 1.57. The Kier molecular flexibility index (Phi) is 2.29. The second kappa shape index (κ2) is 3.44. The van der Waals surface area contributed by atoms with E-state index < -0.39 is 0 Å². The number of rotatable bonds is 1. The van der Waals surface area contributed by atoms with Gasteiger partial charge in [0.1, 0.15) is 6.61 Å². The van der Waals surface area contributed by atoms with Crippen LogP contribution in [-0.2, 0) is 0 Å². The van der Waals surface area contributed by atoms with Gasteiger partial charge in [0.25, 0.3) is 0 Å². The summed E-state index contributed by atoms with van der Waals surface area (Å²) in [6, 6.07) is 5.82. The molecule has 0 aliphatic carbocycles. The molecule has 70 valence electrons. The van der Waals surface area contributed by atoms with Crippen LogP contribution < -0.4 is 15.8 Å². The van der Waals surface area contributed by atoms with E-state index in [2.05, 4.69) is 5.32 Å². The third-order valence-corrected chi connectivity index (χ3v) is 2.34. The number of hydrogen-bond acceptors (Lipinski definition) is 3. The van der Waals surface area contributed by atoms with Crippen LogP contribution >= 0.6 is 11.6 Å². The van der Waals surface area contributed by atoms with E-state index in [1.807, 2.05) is 18.2 Å². The van der Waals surface area contributed by atoms with Gasteiger partial charge in [-0.2, -0.15) is 0 Å². The average molecular weight is 199 g/mol. The molecule has 1 aromatic carbocycles. The number of nitrogens with one attached hydrogen (secondary N) is 1. The quantitative estimate of drug-likeness (QED) is 0.719.